The maximum Gasteiger partial charge on any atom is 0.101 e. The molecule has 2 aromatic heterocycles. The molecular weight excluding hydrogens is 392 g/mol. The minimum atomic E-state index is 0.684. The summed E-state index contributed by atoms with van der Waals surface area (Å²) in [6, 6.07) is 0. The van der Waals surface area contributed by atoms with Gasteiger partial charge in [0.05, 0.1) is 10.0 Å². The van der Waals surface area contributed by atoms with Crippen LogP contribution in [0, 0.1) is 0 Å². The number of hydrogen-bond donors (Lipinski definition) is 6. The lowest BCUT2D eigenvalue weighted by atomic mass is 10.3. The Morgan fingerprint density at radius 2 is 1.00 bits per heavy atom. The summed E-state index contributed by atoms with van der Waals surface area (Å²) >= 11 is 3.42. The quantitative estimate of drug-likeness (QED) is 0.189. The molecule has 0 radical (unpaired) electrons. The summed E-state index contributed by atoms with van der Waals surface area (Å²) in [6.45, 7) is 8.77. The van der Waals surface area contributed by atoms with Crippen LogP contribution < -0.4 is 32.7 Å². The second-order valence-corrected chi connectivity index (χ2v) is 8.22. The largest absolute Gasteiger partial charge is 0.329 e. The van der Waals surface area contributed by atoms with Crippen molar-refractivity contribution in [1.29, 1.82) is 0 Å². The van der Waals surface area contributed by atoms with Crippen molar-refractivity contribution >= 4 is 22.7 Å². The summed E-state index contributed by atoms with van der Waals surface area (Å²) < 4.78 is 0. The lowest BCUT2D eigenvalue weighted by Gasteiger charge is -2.04. The molecule has 0 unspecified atom stereocenters. The Bertz CT molecular complexity index is 576. The Balaban J connectivity index is 1.62. The van der Waals surface area contributed by atoms with E-state index in [0.29, 0.717) is 13.1 Å². The third kappa shape index (κ3) is 9.48. The van der Waals surface area contributed by atoms with Crippen LogP contribution in [0.3, 0.4) is 0 Å². The van der Waals surface area contributed by atoms with Gasteiger partial charge in [-0.3, -0.25) is 0 Å². The molecule has 2 aromatic rings. The van der Waals surface area contributed by atoms with E-state index in [1.807, 2.05) is 0 Å². The second-order valence-electron chi connectivity index (χ2n) is 6.33. The highest BCUT2D eigenvalue weighted by atomic mass is 32.1. The molecule has 0 saturated heterocycles. The molecule has 8 nitrogen and oxygen atoms in total. The van der Waals surface area contributed by atoms with Crippen molar-refractivity contribution in [2.45, 2.75) is 12.8 Å². The SMILES string of the molecule is NCCNCCNCCc1nc(-c2csc(CCNCCNCCN)n2)cs1. The van der Waals surface area contributed by atoms with Crippen molar-refractivity contribution in [3.63, 3.8) is 0 Å². The zero-order valence-corrected chi connectivity index (χ0v) is 18.1. The van der Waals surface area contributed by atoms with E-state index < -0.39 is 0 Å². The number of nitrogens with two attached hydrogens (primary N) is 2. The average Bonchev–Trinajstić information content (AvgIpc) is 3.36. The lowest BCUT2D eigenvalue weighted by molar-refractivity contribution is 0.614. The van der Waals surface area contributed by atoms with Gasteiger partial charge in [0.25, 0.3) is 0 Å². The third-order valence-electron chi connectivity index (χ3n) is 4.00. The standard InChI is InChI=1S/C18H34N8S2/c19-3-7-23-11-9-21-5-1-17-25-15(13-27-17)16-14-28-18(26-16)2-6-22-10-12-24-8-4-20/h13-14,21-24H,1-12,19-20H2. The van der Waals surface area contributed by atoms with Gasteiger partial charge in [-0.25, -0.2) is 9.97 Å². The van der Waals surface area contributed by atoms with Gasteiger partial charge in [-0.15, -0.1) is 22.7 Å². The molecule has 2 heterocycles. The van der Waals surface area contributed by atoms with Crippen LogP contribution in [-0.4, -0.2) is 75.4 Å². The normalized spacial score (nSPS) is 11.4. The number of nitrogens with one attached hydrogen (secondary N) is 4. The predicted molar refractivity (Wildman–Crippen MR) is 120 cm³/mol. The number of hydrogen-bond acceptors (Lipinski definition) is 10. The van der Waals surface area contributed by atoms with Crippen molar-refractivity contribution < 1.29 is 0 Å². The highest BCUT2D eigenvalue weighted by molar-refractivity contribution is 7.10. The molecule has 0 amide bonds. The zero-order chi connectivity index (χ0) is 19.9. The molecule has 0 atom stereocenters. The molecule has 0 aromatic carbocycles. The first-order valence-electron chi connectivity index (χ1n) is 9.95. The van der Waals surface area contributed by atoms with Crippen molar-refractivity contribution in [3.8, 4) is 11.4 Å². The molecule has 10 heteroatoms. The molecule has 28 heavy (non-hydrogen) atoms. The average molecular weight is 427 g/mol. The zero-order valence-electron chi connectivity index (χ0n) is 16.5. The van der Waals surface area contributed by atoms with Crippen molar-refractivity contribution in [2.24, 2.45) is 11.5 Å². The van der Waals surface area contributed by atoms with Gasteiger partial charge in [0, 0.05) is 89.0 Å². The monoisotopic (exact) mass is 426 g/mol. The Morgan fingerprint density at radius 3 is 1.39 bits per heavy atom. The molecule has 2 rings (SSSR count). The van der Waals surface area contributed by atoms with Gasteiger partial charge in [0.15, 0.2) is 0 Å². The highest BCUT2D eigenvalue weighted by Gasteiger charge is 2.09. The highest BCUT2D eigenvalue weighted by Crippen LogP contribution is 2.24. The molecule has 158 valence electrons. The number of nitrogens with zero attached hydrogens (tertiary/aromatic N) is 2. The van der Waals surface area contributed by atoms with Crippen molar-refractivity contribution in [3.05, 3.63) is 20.8 Å². The molecule has 0 bridgehead atoms. The molecule has 0 spiro atoms. The van der Waals surface area contributed by atoms with E-state index in [1.165, 1.54) is 0 Å². The first kappa shape index (κ1) is 23.3. The van der Waals surface area contributed by atoms with Crippen LogP contribution in [0.1, 0.15) is 10.0 Å². The topological polar surface area (TPSA) is 126 Å². The van der Waals surface area contributed by atoms with E-state index in [4.69, 9.17) is 21.4 Å². The summed E-state index contributed by atoms with van der Waals surface area (Å²) in [5, 5.41) is 19.9. The predicted octanol–water partition coefficient (Wildman–Crippen LogP) is -0.373. The van der Waals surface area contributed by atoms with Gasteiger partial charge in [-0.1, -0.05) is 0 Å². The van der Waals surface area contributed by atoms with Crippen LogP contribution in [0.5, 0.6) is 0 Å². The third-order valence-corrected chi connectivity index (χ3v) is 5.81. The van der Waals surface area contributed by atoms with Gasteiger partial charge in [-0.2, -0.15) is 0 Å². The fourth-order valence-corrected chi connectivity index (χ4v) is 4.12. The fourth-order valence-electron chi connectivity index (χ4n) is 2.54. The van der Waals surface area contributed by atoms with Gasteiger partial charge in [0.2, 0.25) is 0 Å². The minimum Gasteiger partial charge on any atom is -0.329 e. The summed E-state index contributed by atoms with van der Waals surface area (Å²) in [5.41, 5.74) is 12.9. The van der Waals surface area contributed by atoms with E-state index in [-0.39, 0.29) is 0 Å². The van der Waals surface area contributed by atoms with E-state index >= 15 is 0 Å². The maximum atomic E-state index is 5.44. The fraction of sp³-hybridized carbons (Fsp3) is 0.667. The van der Waals surface area contributed by atoms with Crippen LogP contribution in [-0.2, 0) is 12.8 Å². The van der Waals surface area contributed by atoms with Crippen LogP contribution in [0.4, 0.5) is 0 Å². The summed E-state index contributed by atoms with van der Waals surface area (Å²) in [7, 11) is 0. The number of rotatable bonds is 17. The Morgan fingerprint density at radius 1 is 0.607 bits per heavy atom. The Hall–Kier alpha value is -0.980. The molecule has 0 aliphatic heterocycles. The van der Waals surface area contributed by atoms with Crippen LogP contribution in [0.15, 0.2) is 10.8 Å². The van der Waals surface area contributed by atoms with E-state index in [0.717, 1.165) is 86.6 Å². The Labute approximate surface area is 175 Å². The maximum absolute atomic E-state index is 5.44. The second kappa shape index (κ2) is 14.9. The molecular formula is C18H34N8S2. The summed E-state index contributed by atoms with van der Waals surface area (Å²) in [4.78, 5) is 9.47. The Kier molecular flexibility index (Phi) is 12.4. The first-order chi connectivity index (χ1) is 13.8. The van der Waals surface area contributed by atoms with Gasteiger partial charge in [-0.05, 0) is 0 Å². The van der Waals surface area contributed by atoms with E-state index in [1.54, 1.807) is 22.7 Å². The molecule has 8 N–H and O–H groups in total. The molecule has 0 aliphatic carbocycles. The molecule has 0 saturated carbocycles. The van der Waals surface area contributed by atoms with Crippen molar-refractivity contribution in [2.75, 3.05) is 65.4 Å². The van der Waals surface area contributed by atoms with E-state index in [9.17, 15) is 0 Å². The van der Waals surface area contributed by atoms with Gasteiger partial charge in [0.1, 0.15) is 11.4 Å². The molecule has 0 aliphatic rings. The van der Waals surface area contributed by atoms with Crippen molar-refractivity contribution in [1.82, 2.24) is 31.2 Å². The lowest BCUT2D eigenvalue weighted by Crippen LogP contribution is -2.31. The summed E-state index contributed by atoms with van der Waals surface area (Å²) in [5.74, 6) is 0. The summed E-state index contributed by atoms with van der Waals surface area (Å²) in [6.07, 6.45) is 1.89. The van der Waals surface area contributed by atoms with Crippen LogP contribution >= 0.6 is 22.7 Å². The number of thiazole rings is 2. The van der Waals surface area contributed by atoms with Crippen LogP contribution in [0.2, 0.25) is 0 Å². The van der Waals surface area contributed by atoms with Gasteiger partial charge >= 0.3 is 0 Å². The smallest absolute Gasteiger partial charge is 0.101 e. The van der Waals surface area contributed by atoms with Gasteiger partial charge < -0.3 is 32.7 Å². The first-order valence-corrected chi connectivity index (χ1v) is 11.7. The minimum absolute atomic E-state index is 0.684. The number of aromatic nitrogens is 2. The van der Waals surface area contributed by atoms with Crippen LogP contribution in [0.25, 0.3) is 11.4 Å². The molecule has 0 fully saturated rings. The van der Waals surface area contributed by atoms with E-state index in [2.05, 4.69) is 32.0 Å².